The summed E-state index contributed by atoms with van der Waals surface area (Å²) in [5, 5.41) is 0.848. The zero-order chi connectivity index (χ0) is 19.1. The normalized spacial score (nSPS) is 11.6. The van der Waals surface area contributed by atoms with E-state index >= 15 is 0 Å². The van der Waals surface area contributed by atoms with Crippen molar-refractivity contribution in [2.24, 2.45) is 4.99 Å². The zero-order valence-electron chi connectivity index (χ0n) is 15.4. The van der Waals surface area contributed by atoms with Gasteiger partial charge >= 0.3 is 5.69 Å². The monoisotopic (exact) mass is 331 g/mol. The lowest BCUT2D eigenvalue weighted by Crippen LogP contribution is -2.54. The molecule has 24 heavy (non-hydrogen) atoms. The van der Waals surface area contributed by atoms with Crippen molar-refractivity contribution in [2.45, 2.75) is 41.2 Å². The number of rotatable bonds is 5. The van der Waals surface area contributed by atoms with Gasteiger partial charge in [-0.15, -0.1) is 0 Å². The molecule has 0 aromatic carbocycles. The van der Waals surface area contributed by atoms with Gasteiger partial charge in [0.15, 0.2) is 0 Å². The minimum Gasteiger partial charge on any atom is -0.307 e. The molecular weight excluding hydrogens is 302 g/mol. The first kappa shape index (κ1) is 23.6. The van der Waals surface area contributed by atoms with E-state index in [0.29, 0.717) is 16.3 Å². The molecule has 1 aromatic rings. The van der Waals surface area contributed by atoms with Gasteiger partial charge in [-0.3, -0.25) is 14.4 Å². The van der Waals surface area contributed by atoms with Gasteiger partial charge in [-0.2, -0.15) is 0 Å². The van der Waals surface area contributed by atoms with E-state index in [1.165, 1.54) is 18.4 Å². The number of H-pyrrole nitrogens is 1. The van der Waals surface area contributed by atoms with Crippen molar-refractivity contribution in [1.82, 2.24) is 9.55 Å². The highest BCUT2D eigenvalue weighted by Gasteiger charge is 2.06. The Hall–Kier alpha value is -2.69. The third kappa shape index (κ3) is 6.60. The van der Waals surface area contributed by atoms with Crippen LogP contribution in [0.5, 0.6) is 0 Å². The molecule has 0 saturated heterocycles. The van der Waals surface area contributed by atoms with Crippen molar-refractivity contribution in [3.05, 3.63) is 69.5 Å². The van der Waals surface area contributed by atoms with Crippen LogP contribution in [0, 0.1) is 0 Å². The van der Waals surface area contributed by atoms with Gasteiger partial charge in [0, 0.05) is 6.20 Å². The second-order valence-electron chi connectivity index (χ2n) is 3.85. The summed E-state index contributed by atoms with van der Waals surface area (Å²) in [5.41, 5.74) is -0.423. The van der Waals surface area contributed by atoms with Crippen LogP contribution in [0.25, 0.3) is 12.2 Å². The molecule has 0 aliphatic rings. The third-order valence-electron chi connectivity index (χ3n) is 2.64. The highest BCUT2D eigenvalue weighted by atomic mass is 16.2. The number of allylic oxidation sites excluding steroid dienone is 2. The predicted octanol–water partition coefficient (Wildman–Crippen LogP) is 2.13. The zero-order valence-corrected chi connectivity index (χ0v) is 15.4. The Kier molecular flexibility index (Phi) is 13.7. The maximum Gasteiger partial charge on any atom is 0.329 e. The first-order valence-electron chi connectivity index (χ1n) is 8.01. The summed E-state index contributed by atoms with van der Waals surface area (Å²) in [6, 6.07) is 0. The molecular formula is C19H29N3O2. The Bertz CT molecular complexity index is 793. The first-order valence-corrected chi connectivity index (χ1v) is 8.01. The molecule has 5 nitrogen and oxygen atoms in total. The van der Waals surface area contributed by atoms with E-state index in [9.17, 15) is 9.59 Å². The van der Waals surface area contributed by atoms with Crippen LogP contribution < -0.4 is 21.8 Å². The third-order valence-corrected chi connectivity index (χ3v) is 2.64. The molecule has 0 bridgehead atoms. The van der Waals surface area contributed by atoms with Crippen molar-refractivity contribution in [2.75, 3.05) is 0 Å². The van der Waals surface area contributed by atoms with Gasteiger partial charge in [0.2, 0.25) is 0 Å². The fraction of sp³-hybridized carbons (Fsp3) is 0.316. The molecule has 0 unspecified atom stereocenters. The summed E-state index contributed by atoms with van der Waals surface area (Å²) >= 11 is 0. The smallest absolute Gasteiger partial charge is 0.307 e. The maximum atomic E-state index is 12.3. The number of aromatic amines is 1. The summed E-state index contributed by atoms with van der Waals surface area (Å²) in [6.07, 6.45) is 7.53. The molecule has 0 aliphatic heterocycles. The summed E-state index contributed by atoms with van der Waals surface area (Å²) in [6.45, 7) is 20.4. The lowest BCUT2D eigenvalue weighted by molar-refractivity contribution is 0.720. The Morgan fingerprint density at radius 3 is 2.17 bits per heavy atom. The van der Waals surface area contributed by atoms with Gasteiger partial charge in [-0.05, 0) is 19.1 Å². The fourth-order valence-corrected chi connectivity index (χ4v) is 1.69. The van der Waals surface area contributed by atoms with Gasteiger partial charge in [0.25, 0.3) is 5.56 Å². The second-order valence-corrected chi connectivity index (χ2v) is 3.85. The molecule has 1 rings (SSSR count). The van der Waals surface area contributed by atoms with Crippen molar-refractivity contribution in [3.63, 3.8) is 0 Å². The summed E-state index contributed by atoms with van der Waals surface area (Å²) in [7, 11) is 0. The Labute approximate surface area is 143 Å². The van der Waals surface area contributed by atoms with Crippen LogP contribution in [-0.4, -0.2) is 15.3 Å². The number of nitrogens with one attached hydrogen (secondary N) is 1. The van der Waals surface area contributed by atoms with Gasteiger partial charge in [-0.25, -0.2) is 4.79 Å². The van der Waals surface area contributed by atoms with Crippen LogP contribution in [0.3, 0.4) is 0 Å². The lowest BCUT2D eigenvalue weighted by atomic mass is 10.3. The van der Waals surface area contributed by atoms with Crippen molar-refractivity contribution in [3.8, 4) is 0 Å². The van der Waals surface area contributed by atoms with Crippen molar-refractivity contribution < 1.29 is 0 Å². The molecule has 0 saturated carbocycles. The van der Waals surface area contributed by atoms with E-state index in [-0.39, 0.29) is 6.54 Å². The largest absolute Gasteiger partial charge is 0.329 e. The number of hydrogen-bond acceptors (Lipinski definition) is 3. The molecule has 0 atom stereocenters. The highest BCUT2D eigenvalue weighted by molar-refractivity contribution is 5.94. The molecule has 0 fully saturated rings. The topological polar surface area (TPSA) is 67.2 Å². The molecule has 1 heterocycles. The van der Waals surface area contributed by atoms with Gasteiger partial charge in [0.05, 0.1) is 22.8 Å². The van der Waals surface area contributed by atoms with Crippen molar-refractivity contribution in [1.29, 1.82) is 0 Å². The van der Waals surface area contributed by atoms with Gasteiger partial charge < -0.3 is 4.98 Å². The number of aromatic nitrogens is 2. The summed E-state index contributed by atoms with van der Waals surface area (Å²) in [5.74, 6) is 0. The van der Waals surface area contributed by atoms with Crippen LogP contribution in [0.2, 0.25) is 0 Å². The number of aliphatic imine (C=N–C) groups is 1. The average Bonchev–Trinajstić information content (AvgIpc) is 2.63. The minimum atomic E-state index is -0.497. The van der Waals surface area contributed by atoms with Gasteiger partial charge in [-0.1, -0.05) is 59.6 Å². The van der Waals surface area contributed by atoms with E-state index in [4.69, 9.17) is 0 Å². The number of nitrogens with zero attached hydrogens (tertiary/aromatic N) is 2. The fourth-order valence-electron chi connectivity index (χ4n) is 1.69. The van der Waals surface area contributed by atoms with E-state index < -0.39 is 11.2 Å². The van der Waals surface area contributed by atoms with Crippen LogP contribution in [0.15, 0.2) is 52.7 Å². The Morgan fingerprint density at radius 1 is 1.17 bits per heavy atom. The molecule has 5 heteroatoms. The summed E-state index contributed by atoms with van der Waals surface area (Å²) in [4.78, 5) is 30.9. The minimum absolute atomic E-state index is 0.0334. The summed E-state index contributed by atoms with van der Waals surface area (Å²) < 4.78 is 1.06. The highest BCUT2D eigenvalue weighted by Crippen LogP contribution is 1.84. The second kappa shape index (κ2) is 13.9. The van der Waals surface area contributed by atoms with Gasteiger partial charge in [0.1, 0.15) is 0 Å². The lowest BCUT2D eigenvalue weighted by Gasteiger charge is -2.04. The van der Waals surface area contributed by atoms with E-state index in [1.54, 1.807) is 19.1 Å². The molecule has 0 aliphatic carbocycles. The van der Waals surface area contributed by atoms with E-state index in [0.717, 1.165) is 4.57 Å². The Balaban J connectivity index is 0. The molecule has 1 N–H and O–H groups in total. The Morgan fingerprint density at radius 2 is 1.75 bits per heavy atom. The van der Waals surface area contributed by atoms with Crippen LogP contribution in [-0.2, 0) is 6.54 Å². The predicted molar refractivity (Wildman–Crippen MR) is 106 cm³/mol. The first-order chi connectivity index (χ1) is 11.6. The molecule has 0 spiro atoms. The average molecular weight is 331 g/mol. The molecule has 132 valence electrons. The van der Waals surface area contributed by atoms with Crippen LogP contribution >= 0.6 is 0 Å². The van der Waals surface area contributed by atoms with Crippen molar-refractivity contribution >= 4 is 17.9 Å². The molecule has 1 aromatic heterocycles. The van der Waals surface area contributed by atoms with Crippen LogP contribution in [0.1, 0.15) is 34.6 Å². The van der Waals surface area contributed by atoms with E-state index in [1.807, 2.05) is 27.7 Å². The maximum absolute atomic E-state index is 12.3. The van der Waals surface area contributed by atoms with Crippen LogP contribution in [0.4, 0.5) is 0 Å². The molecule has 0 radical (unpaired) electrons. The quantitative estimate of drug-likeness (QED) is 0.840. The number of hydrogen-bond donors (Lipinski definition) is 1. The molecule has 0 amide bonds. The van der Waals surface area contributed by atoms with E-state index in [2.05, 4.69) is 29.7 Å². The standard InChI is InChI=1S/C15H17N3O2.2C2H6/c1-5-9-12-13(7-3)17-15(20)18(14(12)19)10-11(6-2)16-8-4;2*1-2/h5-9H,1-2,4,10H2,3H3,(H,17,20);2*1-2H3/b12-9+,13-7+,16-11?;;. The SMILES string of the molecule is C=C/C=c1/c(=O)n(CC(C=C)=NC=C)c(=O)[nH]/c1=C/C.CC.CC.